The molecule has 0 unspecified atom stereocenters. The summed E-state index contributed by atoms with van der Waals surface area (Å²) >= 11 is 0. The van der Waals surface area contributed by atoms with Crippen molar-refractivity contribution in [2.75, 3.05) is 0 Å². The molecular formula is C33H34N8. The van der Waals surface area contributed by atoms with Gasteiger partial charge in [0, 0.05) is 42.5 Å². The molecule has 3 heterocycles. The quantitative estimate of drug-likeness (QED) is 0.219. The van der Waals surface area contributed by atoms with Crippen LogP contribution in [0.25, 0.3) is 44.9 Å². The Balaban J connectivity index is 1.22. The van der Waals surface area contributed by atoms with Crippen molar-refractivity contribution in [3.05, 3.63) is 90.5 Å². The number of tetrazole rings is 1. The van der Waals surface area contributed by atoms with Crippen molar-refractivity contribution < 1.29 is 0 Å². The molecule has 1 fully saturated rings. The van der Waals surface area contributed by atoms with Crippen molar-refractivity contribution in [3.8, 4) is 33.9 Å². The Kier molecular flexibility index (Phi) is 6.88. The monoisotopic (exact) mass is 542 g/mol. The van der Waals surface area contributed by atoms with E-state index in [1.54, 1.807) is 0 Å². The van der Waals surface area contributed by atoms with Crippen molar-refractivity contribution in [3.63, 3.8) is 0 Å². The molecule has 0 radical (unpaired) electrons. The van der Waals surface area contributed by atoms with E-state index in [2.05, 4.69) is 91.4 Å². The van der Waals surface area contributed by atoms with Gasteiger partial charge in [-0.2, -0.15) is 0 Å². The summed E-state index contributed by atoms with van der Waals surface area (Å²) in [5.41, 5.74) is 7.80. The van der Waals surface area contributed by atoms with E-state index in [0.29, 0.717) is 11.9 Å². The van der Waals surface area contributed by atoms with Crippen LogP contribution in [-0.4, -0.2) is 39.7 Å². The number of rotatable bonds is 8. The Labute approximate surface area is 239 Å². The van der Waals surface area contributed by atoms with Crippen LogP contribution in [-0.2, 0) is 13.0 Å². The van der Waals surface area contributed by atoms with E-state index in [0.717, 1.165) is 64.3 Å². The molecule has 0 atom stereocenters. The first-order valence-corrected chi connectivity index (χ1v) is 14.7. The van der Waals surface area contributed by atoms with Gasteiger partial charge in [0.15, 0.2) is 5.82 Å². The van der Waals surface area contributed by atoms with Crippen molar-refractivity contribution in [1.82, 2.24) is 39.7 Å². The van der Waals surface area contributed by atoms with Crippen molar-refractivity contribution in [1.29, 1.82) is 0 Å². The second-order valence-corrected chi connectivity index (χ2v) is 11.0. The minimum Gasteiger partial charge on any atom is -0.328 e. The van der Waals surface area contributed by atoms with E-state index in [-0.39, 0.29) is 0 Å². The Morgan fingerprint density at radius 3 is 2.49 bits per heavy atom. The highest BCUT2D eigenvalue weighted by Crippen LogP contribution is 2.34. The van der Waals surface area contributed by atoms with Gasteiger partial charge in [0.25, 0.3) is 0 Å². The zero-order chi connectivity index (χ0) is 27.6. The summed E-state index contributed by atoms with van der Waals surface area (Å²) in [5.74, 6) is 2.86. The molecule has 1 aliphatic carbocycles. The number of aryl methyl sites for hydroxylation is 1. The third-order valence-electron chi connectivity index (χ3n) is 8.33. The zero-order valence-corrected chi connectivity index (χ0v) is 23.4. The lowest BCUT2D eigenvalue weighted by Gasteiger charge is -2.24. The Hall–Kier alpha value is -4.59. The number of nitrogens with one attached hydrogen (secondary N) is 1. The first-order chi connectivity index (χ1) is 20.3. The molecule has 206 valence electrons. The van der Waals surface area contributed by atoms with E-state index in [4.69, 9.17) is 9.97 Å². The van der Waals surface area contributed by atoms with Gasteiger partial charge in [-0.3, -0.25) is 0 Å². The van der Waals surface area contributed by atoms with Crippen LogP contribution in [0.4, 0.5) is 0 Å². The van der Waals surface area contributed by atoms with Gasteiger partial charge in [-0.25, -0.2) is 15.1 Å². The van der Waals surface area contributed by atoms with Gasteiger partial charge in [-0.1, -0.05) is 74.7 Å². The number of H-pyrrole nitrogens is 1. The van der Waals surface area contributed by atoms with E-state index >= 15 is 0 Å². The van der Waals surface area contributed by atoms with Gasteiger partial charge in [-0.15, -0.1) is 5.10 Å². The van der Waals surface area contributed by atoms with E-state index < -0.39 is 0 Å². The molecule has 0 amide bonds. The summed E-state index contributed by atoms with van der Waals surface area (Å²) in [6, 6.07) is 24.2. The minimum absolute atomic E-state index is 0.543. The second kappa shape index (κ2) is 11.1. The Morgan fingerprint density at radius 1 is 0.902 bits per heavy atom. The number of fused-ring (bicyclic) bond motifs is 1. The summed E-state index contributed by atoms with van der Waals surface area (Å²) in [6.45, 7) is 2.98. The molecule has 0 saturated heterocycles. The van der Waals surface area contributed by atoms with E-state index in [1.165, 1.54) is 37.7 Å². The highest BCUT2D eigenvalue weighted by molar-refractivity contribution is 5.82. The molecule has 3 aromatic carbocycles. The average molecular weight is 543 g/mol. The molecule has 1 saturated carbocycles. The maximum atomic E-state index is 5.05. The lowest BCUT2D eigenvalue weighted by molar-refractivity contribution is 0.355. The molecule has 0 bridgehead atoms. The van der Waals surface area contributed by atoms with Gasteiger partial charge < -0.3 is 9.13 Å². The summed E-state index contributed by atoms with van der Waals surface area (Å²) in [4.78, 5) is 9.86. The van der Waals surface area contributed by atoms with Crippen LogP contribution >= 0.6 is 0 Å². The smallest absolute Gasteiger partial charge is 0.180 e. The standard InChI is InChI=1S/C33H34N8/c1-2-8-31-35-29-18-17-25(33-34-19-20-40(33)26-9-4-3-5-10-26)21-30(29)41(31)22-23-13-15-24(16-14-23)27-11-6-7-12-28(27)32-36-38-39-37-32/h6-7,11-21,26H,2-5,8-10,22H2,1H3,(H,36,37,38,39). The van der Waals surface area contributed by atoms with Gasteiger partial charge in [0.1, 0.15) is 11.6 Å². The average Bonchev–Trinajstić information content (AvgIpc) is 3.80. The number of hydrogen-bond acceptors (Lipinski definition) is 5. The minimum atomic E-state index is 0.543. The maximum Gasteiger partial charge on any atom is 0.180 e. The summed E-state index contributed by atoms with van der Waals surface area (Å²) in [7, 11) is 0. The van der Waals surface area contributed by atoms with Crippen LogP contribution in [0, 0.1) is 0 Å². The number of benzene rings is 3. The summed E-state index contributed by atoms with van der Waals surface area (Å²) < 4.78 is 4.79. The number of nitrogens with zero attached hydrogens (tertiary/aromatic N) is 7. The van der Waals surface area contributed by atoms with Crippen LogP contribution < -0.4 is 0 Å². The summed E-state index contributed by atoms with van der Waals surface area (Å²) in [5, 5.41) is 14.5. The molecular weight excluding hydrogens is 508 g/mol. The normalized spacial score (nSPS) is 14.2. The molecule has 3 aromatic heterocycles. The predicted octanol–water partition coefficient (Wildman–Crippen LogP) is 7.25. The Morgan fingerprint density at radius 2 is 1.71 bits per heavy atom. The molecule has 41 heavy (non-hydrogen) atoms. The SMILES string of the molecule is CCCc1nc2ccc(-c3nccn3C3CCCCC3)cc2n1Cc1ccc(-c2ccccc2-c2nnn[nH]2)cc1. The van der Waals surface area contributed by atoms with Crippen molar-refractivity contribution in [2.24, 2.45) is 0 Å². The topological polar surface area (TPSA) is 90.1 Å². The molecule has 0 aliphatic heterocycles. The van der Waals surface area contributed by atoms with E-state index in [1.807, 2.05) is 24.4 Å². The van der Waals surface area contributed by atoms with Gasteiger partial charge in [0.05, 0.1) is 11.0 Å². The molecule has 8 nitrogen and oxygen atoms in total. The largest absolute Gasteiger partial charge is 0.328 e. The number of imidazole rings is 2. The highest BCUT2D eigenvalue weighted by atomic mass is 15.5. The van der Waals surface area contributed by atoms with E-state index in [9.17, 15) is 0 Å². The summed E-state index contributed by atoms with van der Waals surface area (Å²) in [6.07, 6.45) is 12.5. The number of aromatic amines is 1. The number of hydrogen-bond donors (Lipinski definition) is 1. The fraction of sp³-hybridized carbons (Fsp3) is 0.303. The fourth-order valence-corrected chi connectivity index (χ4v) is 6.28. The van der Waals surface area contributed by atoms with Crippen LogP contribution in [0.15, 0.2) is 79.1 Å². The predicted molar refractivity (Wildman–Crippen MR) is 161 cm³/mol. The van der Waals surface area contributed by atoms with Crippen molar-refractivity contribution >= 4 is 11.0 Å². The third kappa shape index (κ3) is 4.94. The fourth-order valence-electron chi connectivity index (χ4n) is 6.28. The van der Waals surface area contributed by atoms with Crippen LogP contribution in [0.3, 0.4) is 0 Å². The van der Waals surface area contributed by atoms with Crippen LogP contribution in [0.1, 0.15) is 62.9 Å². The molecule has 8 heteroatoms. The maximum absolute atomic E-state index is 5.05. The third-order valence-corrected chi connectivity index (χ3v) is 8.33. The van der Waals surface area contributed by atoms with Crippen molar-refractivity contribution in [2.45, 2.75) is 64.5 Å². The molecule has 1 aliphatic rings. The van der Waals surface area contributed by atoms with Gasteiger partial charge >= 0.3 is 0 Å². The van der Waals surface area contributed by atoms with Gasteiger partial charge in [-0.05, 0) is 64.6 Å². The first kappa shape index (κ1) is 25.4. The highest BCUT2D eigenvalue weighted by Gasteiger charge is 2.20. The first-order valence-electron chi connectivity index (χ1n) is 14.7. The van der Waals surface area contributed by atoms with Crippen LogP contribution in [0.2, 0.25) is 0 Å². The lowest BCUT2D eigenvalue weighted by atomic mass is 9.95. The Bertz CT molecular complexity index is 1760. The number of aromatic nitrogens is 8. The zero-order valence-electron chi connectivity index (χ0n) is 23.4. The molecule has 7 rings (SSSR count). The molecule has 1 N–H and O–H groups in total. The molecule has 0 spiro atoms. The lowest BCUT2D eigenvalue weighted by Crippen LogP contribution is -2.13. The molecule has 6 aromatic rings. The van der Waals surface area contributed by atoms with Gasteiger partial charge in [0.2, 0.25) is 0 Å². The second-order valence-electron chi connectivity index (χ2n) is 11.0. The van der Waals surface area contributed by atoms with Crippen LogP contribution in [0.5, 0.6) is 0 Å².